The third-order valence-electron chi connectivity index (χ3n) is 7.66. The molecule has 2 atom stereocenters. The van der Waals surface area contributed by atoms with E-state index in [1.54, 1.807) is 6.07 Å². The Bertz CT molecular complexity index is 1140. The number of halogens is 2. The number of nitrogens with one attached hydrogen (secondary N) is 3. The van der Waals surface area contributed by atoms with Gasteiger partial charge in [-0.05, 0) is 73.7 Å². The van der Waals surface area contributed by atoms with Crippen molar-refractivity contribution < 1.29 is 9.59 Å². The molecular formula is C27H33Cl2N5O2. The van der Waals surface area contributed by atoms with Crippen LogP contribution in [-0.2, 0) is 22.6 Å². The molecule has 192 valence electrons. The smallest absolute Gasteiger partial charge is 0.244 e. The monoisotopic (exact) mass is 529 g/mol. The summed E-state index contributed by atoms with van der Waals surface area (Å²) >= 11 is 12.3. The molecule has 0 radical (unpaired) electrons. The summed E-state index contributed by atoms with van der Waals surface area (Å²) in [5, 5.41) is 11.4. The highest BCUT2D eigenvalue weighted by Gasteiger charge is 2.40. The molecule has 7 nitrogen and oxygen atoms in total. The number of nitrogens with zero attached hydrogens (tertiary/aromatic N) is 2. The maximum Gasteiger partial charge on any atom is 0.244 e. The lowest BCUT2D eigenvalue weighted by molar-refractivity contribution is -0.144. The predicted octanol–water partition coefficient (Wildman–Crippen LogP) is 3.61. The highest BCUT2D eigenvalue weighted by atomic mass is 35.5. The van der Waals surface area contributed by atoms with Crippen LogP contribution in [0.25, 0.3) is 0 Å². The van der Waals surface area contributed by atoms with Crippen molar-refractivity contribution in [1.29, 1.82) is 0 Å². The van der Waals surface area contributed by atoms with Crippen molar-refractivity contribution in [3.63, 3.8) is 0 Å². The molecule has 5 rings (SSSR count). The van der Waals surface area contributed by atoms with Crippen LogP contribution in [-0.4, -0.2) is 66.4 Å². The van der Waals surface area contributed by atoms with Crippen LogP contribution in [0.15, 0.2) is 36.4 Å². The second-order valence-electron chi connectivity index (χ2n) is 10.1. The van der Waals surface area contributed by atoms with E-state index in [4.69, 9.17) is 23.2 Å². The second kappa shape index (κ2) is 10.6. The highest BCUT2D eigenvalue weighted by molar-refractivity contribution is 6.35. The topological polar surface area (TPSA) is 76.7 Å². The van der Waals surface area contributed by atoms with E-state index in [2.05, 4.69) is 34.1 Å². The van der Waals surface area contributed by atoms with Gasteiger partial charge in [0, 0.05) is 55.0 Å². The van der Waals surface area contributed by atoms with Crippen molar-refractivity contribution in [2.45, 2.75) is 44.3 Å². The number of amides is 2. The summed E-state index contributed by atoms with van der Waals surface area (Å²) in [4.78, 5) is 30.4. The van der Waals surface area contributed by atoms with Crippen molar-refractivity contribution in [1.82, 2.24) is 20.4 Å². The minimum Gasteiger partial charge on any atom is -0.381 e. The van der Waals surface area contributed by atoms with Gasteiger partial charge in [0.1, 0.15) is 6.04 Å². The maximum absolute atomic E-state index is 13.6. The number of piperazine rings is 1. The van der Waals surface area contributed by atoms with Gasteiger partial charge in [0.05, 0.1) is 5.54 Å². The van der Waals surface area contributed by atoms with Crippen LogP contribution in [0, 0.1) is 0 Å². The number of hydrogen-bond acceptors (Lipinski definition) is 5. The Morgan fingerprint density at radius 3 is 2.56 bits per heavy atom. The fraction of sp³-hybridized carbons (Fsp3) is 0.481. The van der Waals surface area contributed by atoms with Crippen LogP contribution in [0.5, 0.6) is 0 Å². The van der Waals surface area contributed by atoms with Crippen LogP contribution in [0.2, 0.25) is 10.0 Å². The van der Waals surface area contributed by atoms with Crippen LogP contribution in [0.3, 0.4) is 0 Å². The molecule has 2 saturated heterocycles. The van der Waals surface area contributed by atoms with E-state index in [0.29, 0.717) is 42.8 Å². The SMILES string of the molecule is C[C@]1(C(=O)N2CCN(C(=O)C3NCCc4ccc(NCc5ccc(Cl)cc5Cl)cc43)CC2)CCCN1. The average Bonchev–Trinajstić information content (AvgIpc) is 3.34. The molecule has 3 aliphatic rings. The lowest BCUT2D eigenvalue weighted by atomic mass is 9.92. The Labute approximate surface area is 222 Å². The van der Waals surface area contributed by atoms with Gasteiger partial charge in [-0.15, -0.1) is 0 Å². The first-order valence-electron chi connectivity index (χ1n) is 12.7. The van der Waals surface area contributed by atoms with E-state index in [-0.39, 0.29) is 17.9 Å². The van der Waals surface area contributed by atoms with Crippen molar-refractivity contribution in [3.8, 4) is 0 Å². The molecule has 0 saturated carbocycles. The summed E-state index contributed by atoms with van der Waals surface area (Å²) in [7, 11) is 0. The predicted molar refractivity (Wildman–Crippen MR) is 143 cm³/mol. The summed E-state index contributed by atoms with van der Waals surface area (Å²) < 4.78 is 0. The average molecular weight is 531 g/mol. The Hall–Kier alpha value is -2.32. The first-order valence-corrected chi connectivity index (χ1v) is 13.5. The number of carbonyl (C=O) groups is 2. The standard InChI is InChI=1S/C27H33Cl2N5O2/c1-27(8-2-9-32-27)26(36)34-13-11-33(12-14-34)25(35)24-22-16-21(6-4-18(22)7-10-30-24)31-17-19-3-5-20(28)15-23(19)29/h3-6,15-16,24,30-32H,2,7-14,17H2,1H3/t24?,27-/m1/s1. The van der Waals surface area contributed by atoms with Gasteiger partial charge in [0.25, 0.3) is 0 Å². The summed E-state index contributed by atoms with van der Waals surface area (Å²) in [6.07, 6.45) is 2.78. The first-order chi connectivity index (χ1) is 17.3. The molecule has 2 aromatic rings. The molecule has 9 heteroatoms. The quantitative estimate of drug-likeness (QED) is 0.551. The normalized spacial score (nSPS) is 23.9. The Kier molecular flexibility index (Phi) is 7.45. The van der Waals surface area contributed by atoms with Gasteiger partial charge in [-0.2, -0.15) is 0 Å². The number of fused-ring (bicyclic) bond motifs is 1. The molecule has 2 aromatic carbocycles. The summed E-state index contributed by atoms with van der Waals surface area (Å²) in [6, 6.07) is 11.3. The minimum absolute atomic E-state index is 0.0751. The van der Waals surface area contributed by atoms with E-state index in [1.807, 2.05) is 28.9 Å². The molecule has 0 aliphatic carbocycles. The fourth-order valence-electron chi connectivity index (χ4n) is 5.48. The third-order valence-corrected chi connectivity index (χ3v) is 8.25. The van der Waals surface area contributed by atoms with Crippen molar-refractivity contribution in [3.05, 3.63) is 63.1 Å². The van der Waals surface area contributed by atoms with Crippen molar-refractivity contribution in [2.24, 2.45) is 0 Å². The number of rotatable bonds is 5. The van der Waals surface area contributed by atoms with Gasteiger partial charge in [0.15, 0.2) is 0 Å². The van der Waals surface area contributed by atoms with Gasteiger partial charge in [-0.25, -0.2) is 0 Å². The lowest BCUT2D eigenvalue weighted by Crippen LogP contribution is -2.59. The molecule has 0 aromatic heterocycles. The van der Waals surface area contributed by atoms with Crippen molar-refractivity contribution >= 4 is 40.7 Å². The third kappa shape index (κ3) is 5.21. The van der Waals surface area contributed by atoms with Crippen LogP contribution >= 0.6 is 23.2 Å². The first kappa shape index (κ1) is 25.3. The van der Waals surface area contributed by atoms with Crippen molar-refractivity contribution in [2.75, 3.05) is 44.6 Å². The Morgan fingerprint density at radius 1 is 1.06 bits per heavy atom. The molecule has 3 heterocycles. The van der Waals surface area contributed by atoms with Gasteiger partial charge in [-0.1, -0.05) is 35.3 Å². The molecule has 3 aliphatic heterocycles. The molecule has 1 unspecified atom stereocenters. The number of carbonyl (C=O) groups excluding carboxylic acids is 2. The maximum atomic E-state index is 13.6. The molecule has 3 N–H and O–H groups in total. The van der Waals surface area contributed by atoms with Crippen LogP contribution < -0.4 is 16.0 Å². The Balaban J connectivity index is 1.24. The number of benzene rings is 2. The molecule has 0 bridgehead atoms. The molecular weight excluding hydrogens is 497 g/mol. The zero-order valence-electron chi connectivity index (χ0n) is 20.6. The number of anilines is 1. The molecule has 2 amide bonds. The van der Waals surface area contributed by atoms with E-state index in [1.165, 1.54) is 5.56 Å². The van der Waals surface area contributed by atoms with E-state index in [9.17, 15) is 9.59 Å². The van der Waals surface area contributed by atoms with Crippen LogP contribution in [0.4, 0.5) is 5.69 Å². The summed E-state index contributed by atoms with van der Waals surface area (Å²) in [5.41, 5.74) is 3.64. The molecule has 36 heavy (non-hydrogen) atoms. The van der Waals surface area contributed by atoms with E-state index >= 15 is 0 Å². The van der Waals surface area contributed by atoms with Gasteiger partial charge >= 0.3 is 0 Å². The lowest BCUT2D eigenvalue weighted by Gasteiger charge is -2.40. The minimum atomic E-state index is -0.463. The Morgan fingerprint density at radius 2 is 1.83 bits per heavy atom. The zero-order valence-corrected chi connectivity index (χ0v) is 22.1. The number of hydrogen-bond donors (Lipinski definition) is 3. The van der Waals surface area contributed by atoms with E-state index in [0.717, 1.165) is 49.2 Å². The molecule has 0 spiro atoms. The van der Waals surface area contributed by atoms with Gasteiger partial charge in [0.2, 0.25) is 11.8 Å². The zero-order chi connectivity index (χ0) is 25.3. The van der Waals surface area contributed by atoms with E-state index < -0.39 is 5.54 Å². The largest absolute Gasteiger partial charge is 0.381 e. The van der Waals surface area contributed by atoms with Gasteiger partial charge in [-0.3, -0.25) is 9.59 Å². The fourth-order valence-corrected chi connectivity index (χ4v) is 5.96. The highest BCUT2D eigenvalue weighted by Crippen LogP contribution is 2.29. The summed E-state index contributed by atoms with van der Waals surface area (Å²) in [6.45, 7) is 6.47. The summed E-state index contributed by atoms with van der Waals surface area (Å²) in [5.74, 6) is 0.232. The molecule has 2 fully saturated rings. The second-order valence-corrected chi connectivity index (χ2v) is 11.0. The van der Waals surface area contributed by atoms with Crippen LogP contribution in [0.1, 0.15) is 42.5 Å². The van der Waals surface area contributed by atoms with Gasteiger partial charge < -0.3 is 25.8 Å².